The van der Waals surface area contributed by atoms with Crippen molar-refractivity contribution in [2.75, 3.05) is 31.5 Å². The number of ether oxygens (including phenoxy) is 1. The number of imidazole rings is 1. The number of hydrogen-bond acceptors (Lipinski definition) is 10. The van der Waals surface area contributed by atoms with Crippen molar-refractivity contribution in [3.8, 4) is 11.5 Å². The van der Waals surface area contributed by atoms with Crippen LogP contribution in [0.5, 0.6) is 11.5 Å². The minimum Gasteiger partial charge on any atom is -0.455 e. The number of sulfonamides is 1. The Labute approximate surface area is 376 Å². The molecule has 0 radical (unpaired) electrons. The van der Waals surface area contributed by atoms with E-state index in [-0.39, 0.29) is 33.4 Å². The molecule has 332 valence electrons. The van der Waals surface area contributed by atoms with Gasteiger partial charge in [-0.2, -0.15) is 0 Å². The zero-order valence-corrected chi connectivity index (χ0v) is 37.4. The first-order valence-corrected chi connectivity index (χ1v) is 23.8. The number of pyridine rings is 1. The number of rotatable bonds is 13. The highest BCUT2D eigenvalue weighted by Crippen LogP contribution is 2.44. The van der Waals surface area contributed by atoms with Crippen LogP contribution >= 0.6 is 11.6 Å². The number of nitrogens with zero attached hydrogens (tertiary/aromatic N) is 4. The highest BCUT2D eigenvalue weighted by molar-refractivity contribution is 7.90. The van der Waals surface area contributed by atoms with Gasteiger partial charge >= 0.3 is 0 Å². The predicted octanol–water partition coefficient (Wildman–Crippen LogP) is 10.7. The summed E-state index contributed by atoms with van der Waals surface area (Å²) >= 11 is 6.25. The van der Waals surface area contributed by atoms with Gasteiger partial charge < -0.3 is 20.0 Å². The second kappa shape index (κ2) is 17.9. The van der Waals surface area contributed by atoms with Crippen LogP contribution in [0, 0.1) is 21.4 Å². The highest BCUT2D eigenvalue weighted by Gasteiger charge is 2.32. The Morgan fingerprint density at radius 1 is 1.02 bits per heavy atom. The standard InChI is InChI=1S/C48H51ClN8O6S/c1-48(2)18-14-35(39(25-48)32-8-11-36(49)12-9-32)28-56-20-16-31(17-21-56)33-10-13-38(41(23-33)63-37-22-34-15-19-50-46(34)52-27-37)47(58)55-64(61,62)42-24-40(57(59)60)43(45-44(42)53-29-54-45)51-26-30-6-4-3-5-7-30/h8-13,15-16,19,22-24,27,29-30,51H,3-7,14,17-18,20-21,25-26,28H2,1-2H3,(H,50,52)(H,53,54)(H,55,58). The smallest absolute Gasteiger partial charge is 0.296 e. The predicted molar refractivity (Wildman–Crippen MR) is 250 cm³/mol. The van der Waals surface area contributed by atoms with E-state index < -0.39 is 31.4 Å². The Bertz CT molecular complexity index is 2930. The second-order valence-electron chi connectivity index (χ2n) is 18.0. The number of hydrogen-bond donors (Lipinski definition) is 4. The summed E-state index contributed by atoms with van der Waals surface area (Å²) in [6.45, 7) is 7.57. The Kier molecular flexibility index (Phi) is 12.1. The summed E-state index contributed by atoms with van der Waals surface area (Å²) < 4.78 is 36.8. The number of carbonyl (C=O) groups excluding carboxylic acids is 1. The number of nitro groups is 1. The van der Waals surface area contributed by atoms with Crippen molar-refractivity contribution >= 4 is 72.1 Å². The molecule has 4 heterocycles. The minimum atomic E-state index is -4.72. The van der Waals surface area contributed by atoms with Gasteiger partial charge in [0.05, 0.1) is 28.5 Å². The average Bonchev–Trinajstić information content (AvgIpc) is 3.97. The third-order valence-corrected chi connectivity index (χ3v) is 14.5. The van der Waals surface area contributed by atoms with Crippen molar-refractivity contribution in [2.45, 2.75) is 76.5 Å². The monoisotopic (exact) mass is 902 g/mol. The Morgan fingerprint density at radius 2 is 1.81 bits per heavy atom. The molecule has 6 aromatic rings. The van der Waals surface area contributed by atoms with Gasteiger partial charge in [0.2, 0.25) is 0 Å². The summed E-state index contributed by atoms with van der Waals surface area (Å²) in [5.74, 6) is -0.178. The van der Waals surface area contributed by atoms with Crippen molar-refractivity contribution in [3.63, 3.8) is 0 Å². The molecule has 3 aromatic heterocycles. The average molecular weight is 904 g/mol. The summed E-state index contributed by atoms with van der Waals surface area (Å²) in [6.07, 6.45) is 16.1. The van der Waals surface area contributed by atoms with Crippen molar-refractivity contribution < 1.29 is 22.9 Å². The molecule has 16 heteroatoms. The second-order valence-corrected chi connectivity index (χ2v) is 20.1. The van der Waals surface area contributed by atoms with E-state index in [0.29, 0.717) is 23.9 Å². The Morgan fingerprint density at radius 3 is 2.58 bits per heavy atom. The van der Waals surface area contributed by atoms with Gasteiger partial charge in [-0.15, -0.1) is 0 Å². The molecule has 1 aliphatic heterocycles. The van der Waals surface area contributed by atoms with Crippen LogP contribution in [0.3, 0.4) is 0 Å². The molecule has 2 aliphatic carbocycles. The van der Waals surface area contributed by atoms with E-state index in [4.69, 9.17) is 16.3 Å². The van der Waals surface area contributed by atoms with Crippen LogP contribution in [-0.4, -0.2) is 70.3 Å². The number of amides is 1. The van der Waals surface area contributed by atoms with Crippen molar-refractivity contribution in [2.24, 2.45) is 11.3 Å². The van der Waals surface area contributed by atoms with Crippen LogP contribution in [0.4, 0.5) is 11.4 Å². The third kappa shape index (κ3) is 9.28. The Hall–Kier alpha value is -6.03. The maximum atomic E-state index is 14.2. The van der Waals surface area contributed by atoms with E-state index in [1.165, 1.54) is 35.7 Å². The molecule has 1 amide bonds. The number of H-pyrrole nitrogens is 2. The lowest BCUT2D eigenvalue weighted by atomic mass is 9.72. The molecule has 3 aromatic carbocycles. The fourth-order valence-corrected chi connectivity index (χ4v) is 10.7. The van der Waals surface area contributed by atoms with Gasteiger partial charge in [-0.25, -0.2) is 23.1 Å². The van der Waals surface area contributed by atoms with E-state index in [1.54, 1.807) is 30.5 Å². The normalized spacial score (nSPS) is 17.4. The molecule has 4 N–H and O–H groups in total. The van der Waals surface area contributed by atoms with Crippen LogP contribution in [0.2, 0.25) is 5.02 Å². The molecule has 3 aliphatic rings. The zero-order valence-electron chi connectivity index (χ0n) is 35.9. The number of carbonyl (C=O) groups is 1. The summed E-state index contributed by atoms with van der Waals surface area (Å²) in [6, 6.07) is 17.8. The lowest BCUT2D eigenvalue weighted by Gasteiger charge is -2.36. The molecule has 0 bridgehead atoms. The largest absolute Gasteiger partial charge is 0.455 e. The van der Waals surface area contributed by atoms with E-state index in [0.717, 1.165) is 98.6 Å². The van der Waals surface area contributed by atoms with Crippen LogP contribution in [0.25, 0.3) is 33.2 Å². The van der Waals surface area contributed by atoms with E-state index in [2.05, 4.69) is 66.9 Å². The molecule has 1 saturated carbocycles. The third-order valence-electron chi connectivity index (χ3n) is 12.9. The molecule has 1 fully saturated rings. The van der Waals surface area contributed by atoms with E-state index >= 15 is 0 Å². The highest BCUT2D eigenvalue weighted by atomic mass is 35.5. The van der Waals surface area contributed by atoms with Gasteiger partial charge in [0.1, 0.15) is 33.2 Å². The number of nitrogens with one attached hydrogen (secondary N) is 4. The topological polar surface area (TPSA) is 188 Å². The Balaban J connectivity index is 0.989. The molecule has 0 saturated heterocycles. The first-order valence-electron chi connectivity index (χ1n) is 21.9. The van der Waals surface area contributed by atoms with Crippen molar-refractivity contribution in [1.82, 2.24) is 29.6 Å². The number of benzene rings is 3. The van der Waals surface area contributed by atoms with Crippen LogP contribution in [-0.2, 0) is 10.0 Å². The lowest BCUT2D eigenvalue weighted by Crippen LogP contribution is -2.32. The van der Waals surface area contributed by atoms with E-state index in [1.807, 2.05) is 18.2 Å². The van der Waals surface area contributed by atoms with Gasteiger partial charge in [0, 0.05) is 48.9 Å². The van der Waals surface area contributed by atoms with Gasteiger partial charge in [0.15, 0.2) is 0 Å². The summed E-state index contributed by atoms with van der Waals surface area (Å²) in [5, 5.41) is 17.1. The first kappa shape index (κ1) is 43.2. The quantitative estimate of drug-likeness (QED) is 0.0641. The maximum absolute atomic E-state index is 14.2. The van der Waals surface area contributed by atoms with Gasteiger partial charge in [-0.3, -0.25) is 19.8 Å². The van der Waals surface area contributed by atoms with Crippen LogP contribution in [0.1, 0.15) is 93.1 Å². The number of aromatic nitrogens is 4. The zero-order chi connectivity index (χ0) is 44.6. The molecular formula is C48H51ClN8O6S. The van der Waals surface area contributed by atoms with Crippen molar-refractivity contribution in [3.05, 3.63) is 123 Å². The summed E-state index contributed by atoms with van der Waals surface area (Å²) in [7, 11) is -4.72. The number of nitro benzene ring substituents is 1. The number of allylic oxidation sites excluding steroid dienone is 1. The molecule has 14 nitrogen and oxygen atoms in total. The number of fused-ring (bicyclic) bond motifs is 2. The number of anilines is 1. The SMILES string of the molecule is CC1(C)CCC(CN2CC=C(c3ccc(C(=O)NS(=O)(=O)c4cc([N+](=O)[O-])c(NCC5CCCCC5)c5[nH]cnc45)c(Oc4cnc5[nH]ccc5c4)c3)CC2)=C(c2ccc(Cl)cc2)C1. The summed E-state index contributed by atoms with van der Waals surface area (Å²) in [4.78, 5) is 42.5. The fraction of sp³-hybridized carbons (Fsp3) is 0.354. The van der Waals surface area contributed by atoms with Crippen molar-refractivity contribution in [1.29, 1.82) is 0 Å². The lowest BCUT2D eigenvalue weighted by molar-refractivity contribution is -0.384. The number of halogens is 1. The maximum Gasteiger partial charge on any atom is 0.296 e. The van der Waals surface area contributed by atoms with E-state index in [9.17, 15) is 23.3 Å². The van der Waals surface area contributed by atoms with Crippen LogP contribution in [0.15, 0.2) is 95.9 Å². The van der Waals surface area contributed by atoms with Gasteiger partial charge in [-0.1, -0.05) is 74.6 Å². The van der Waals surface area contributed by atoms with Crippen LogP contribution < -0.4 is 14.8 Å². The first-order chi connectivity index (χ1) is 30.8. The molecule has 64 heavy (non-hydrogen) atoms. The molecule has 0 atom stereocenters. The fourth-order valence-electron chi connectivity index (χ4n) is 9.41. The molecule has 9 rings (SSSR count). The summed E-state index contributed by atoms with van der Waals surface area (Å²) in [5.41, 5.74) is 6.65. The molecular weight excluding hydrogens is 852 g/mol. The van der Waals surface area contributed by atoms with Gasteiger partial charge in [0.25, 0.3) is 21.6 Å². The number of aromatic amines is 2. The molecule has 0 spiro atoms. The minimum absolute atomic E-state index is 0.0298. The molecule has 0 unspecified atom stereocenters. The van der Waals surface area contributed by atoms with Gasteiger partial charge in [-0.05, 0) is 109 Å².